The van der Waals surface area contributed by atoms with Gasteiger partial charge < -0.3 is 14.8 Å². The molecule has 0 atom stereocenters. The van der Waals surface area contributed by atoms with Gasteiger partial charge in [-0.05, 0) is 59.6 Å². The zero-order valence-electron chi connectivity index (χ0n) is 13.1. The van der Waals surface area contributed by atoms with Crippen molar-refractivity contribution in [1.29, 1.82) is 0 Å². The Labute approximate surface area is 143 Å². The normalized spacial score (nSPS) is 13.5. The highest BCUT2D eigenvalue weighted by Gasteiger charge is 2.31. The molecule has 1 amide bonds. The minimum Gasteiger partial charge on any atom is -0.486 e. The van der Waals surface area contributed by atoms with Crippen LogP contribution in [0.3, 0.4) is 0 Å². The molecule has 23 heavy (non-hydrogen) atoms. The highest BCUT2D eigenvalue weighted by molar-refractivity contribution is 9.10. The minimum atomic E-state index is -0.703. The number of halogens is 1. The number of para-hydroxylation sites is 1. The maximum Gasteiger partial charge on any atom is 0.234 e. The van der Waals surface area contributed by atoms with Crippen molar-refractivity contribution in [1.82, 2.24) is 0 Å². The first-order valence-corrected chi connectivity index (χ1v) is 8.24. The summed E-state index contributed by atoms with van der Waals surface area (Å²) in [6.07, 6.45) is 0. The van der Waals surface area contributed by atoms with Gasteiger partial charge in [0.2, 0.25) is 5.91 Å². The molecule has 120 valence electrons. The number of nitrogens with one attached hydrogen (secondary N) is 1. The molecule has 2 aromatic carbocycles. The van der Waals surface area contributed by atoms with E-state index < -0.39 is 5.41 Å². The third-order valence-electron chi connectivity index (χ3n) is 3.95. The maximum atomic E-state index is 12.8. The van der Waals surface area contributed by atoms with Gasteiger partial charge >= 0.3 is 0 Å². The van der Waals surface area contributed by atoms with Crippen LogP contribution in [0.15, 0.2) is 46.9 Å². The van der Waals surface area contributed by atoms with Crippen LogP contribution in [0.2, 0.25) is 0 Å². The molecular weight excluding hydrogens is 358 g/mol. The van der Waals surface area contributed by atoms with Crippen LogP contribution >= 0.6 is 15.9 Å². The highest BCUT2D eigenvalue weighted by atomic mass is 79.9. The van der Waals surface area contributed by atoms with Crippen molar-refractivity contribution in [3.63, 3.8) is 0 Å². The Kier molecular flexibility index (Phi) is 4.31. The number of amides is 1. The Hall–Kier alpha value is -2.01. The summed E-state index contributed by atoms with van der Waals surface area (Å²) in [4.78, 5) is 12.8. The SMILES string of the molecule is CC(C)(C(=O)Nc1ccccc1Br)c1ccc2c(c1)OCCO2. The number of anilines is 1. The number of ether oxygens (including phenoxy) is 2. The van der Waals surface area contributed by atoms with Crippen molar-refractivity contribution in [2.45, 2.75) is 19.3 Å². The minimum absolute atomic E-state index is 0.0823. The van der Waals surface area contributed by atoms with Crippen molar-refractivity contribution < 1.29 is 14.3 Å². The molecule has 0 radical (unpaired) electrons. The maximum absolute atomic E-state index is 12.8. The van der Waals surface area contributed by atoms with E-state index in [2.05, 4.69) is 21.2 Å². The van der Waals surface area contributed by atoms with Crippen LogP contribution in [-0.2, 0) is 10.2 Å². The summed E-state index contributed by atoms with van der Waals surface area (Å²) in [5, 5.41) is 2.97. The largest absolute Gasteiger partial charge is 0.486 e. The van der Waals surface area contributed by atoms with E-state index in [0.717, 1.165) is 21.5 Å². The zero-order valence-corrected chi connectivity index (χ0v) is 14.6. The molecule has 0 fully saturated rings. The van der Waals surface area contributed by atoms with Crippen LogP contribution in [0.25, 0.3) is 0 Å². The number of carbonyl (C=O) groups excluding carboxylic acids is 1. The Morgan fingerprint density at radius 2 is 1.78 bits per heavy atom. The van der Waals surface area contributed by atoms with E-state index in [4.69, 9.17) is 9.47 Å². The molecule has 4 nitrogen and oxygen atoms in total. The van der Waals surface area contributed by atoms with Crippen LogP contribution in [0.1, 0.15) is 19.4 Å². The topological polar surface area (TPSA) is 47.6 Å². The summed E-state index contributed by atoms with van der Waals surface area (Å²) in [5.41, 5.74) is 0.930. The number of carbonyl (C=O) groups is 1. The van der Waals surface area contributed by atoms with E-state index >= 15 is 0 Å². The van der Waals surface area contributed by atoms with Crippen LogP contribution in [0, 0.1) is 0 Å². The summed E-state index contributed by atoms with van der Waals surface area (Å²) in [6.45, 7) is 4.87. The Balaban J connectivity index is 1.85. The van der Waals surface area contributed by atoms with E-state index in [1.165, 1.54) is 0 Å². The molecule has 0 aliphatic carbocycles. The molecule has 0 spiro atoms. The van der Waals surface area contributed by atoms with Crippen molar-refractivity contribution in [2.75, 3.05) is 18.5 Å². The van der Waals surface area contributed by atoms with Gasteiger partial charge in [-0.25, -0.2) is 0 Å². The third-order valence-corrected chi connectivity index (χ3v) is 4.65. The Morgan fingerprint density at radius 1 is 1.09 bits per heavy atom. The van der Waals surface area contributed by atoms with Crippen molar-refractivity contribution in [3.05, 3.63) is 52.5 Å². The lowest BCUT2D eigenvalue weighted by molar-refractivity contribution is -0.120. The fourth-order valence-corrected chi connectivity index (χ4v) is 2.79. The number of rotatable bonds is 3. The van der Waals surface area contributed by atoms with Gasteiger partial charge in [-0.1, -0.05) is 18.2 Å². The fourth-order valence-electron chi connectivity index (χ4n) is 2.40. The lowest BCUT2D eigenvalue weighted by atomic mass is 9.83. The van der Waals surface area contributed by atoms with Crippen molar-refractivity contribution in [2.24, 2.45) is 0 Å². The Morgan fingerprint density at radius 3 is 2.52 bits per heavy atom. The lowest BCUT2D eigenvalue weighted by Gasteiger charge is -2.26. The van der Waals surface area contributed by atoms with Gasteiger partial charge in [0.25, 0.3) is 0 Å². The number of hydrogen-bond acceptors (Lipinski definition) is 3. The van der Waals surface area contributed by atoms with Gasteiger partial charge in [-0.3, -0.25) is 4.79 Å². The molecule has 5 heteroatoms. The number of benzene rings is 2. The van der Waals surface area contributed by atoms with Crippen molar-refractivity contribution >= 4 is 27.5 Å². The second-order valence-electron chi connectivity index (χ2n) is 5.92. The summed E-state index contributed by atoms with van der Waals surface area (Å²) in [5.74, 6) is 1.33. The molecule has 1 heterocycles. The predicted octanol–water partition coefficient (Wildman–Crippen LogP) is 4.14. The molecule has 1 aliphatic heterocycles. The second kappa shape index (κ2) is 6.24. The first-order valence-electron chi connectivity index (χ1n) is 7.44. The molecular formula is C18H18BrNO3. The average molecular weight is 376 g/mol. The monoisotopic (exact) mass is 375 g/mol. The summed E-state index contributed by atoms with van der Waals surface area (Å²) in [7, 11) is 0. The van der Waals surface area contributed by atoms with Crippen LogP contribution in [0.5, 0.6) is 11.5 Å². The lowest BCUT2D eigenvalue weighted by Crippen LogP contribution is -2.35. The molecule has 2 aromatic rings. The molecule has 1 N–H and O–H groups in total. The number of fused-ring (bicyclic) bond motifs is 1. The quantitative estimate of drug-likeness (QED) is 0.876. The van der Waals surface area contributed by atoms with E-state index in [1.807, 2.05) is 56.3 Å². The smallest absolute Gasteiger partial charge is 0.234 e. The van der Waals surface area contributed by atoms with Crippen molar-refractivity contribution in [3.8, 4) is 11.5 Å². The summed E-state index contributed by atoms with van der Waals surface area (Å²) in [6, 6.07) is 13.2. The van der Waals surface area contributed by atoms with Gasteiger partial charge in [-0.2, -0.15) is 0 Å². The molecule has 0 unspecified atom stereocenters. The molecule has 0 aromatic heterocycles. The molecule has 0 bridgehead atoms. The van der Waals surface area contributed by atoms with Crippen LogP contribution in [0.4, 0.5) is 5.69 Å². The molecule has 3 rings (SSSR count). The second-order valence-corrected chi connectivity index (χ2v) is 6.77. The molecule has 0 saturated heterocycles. The molecule has 0 saturated carbocycles. The fraction of sp³-hybridized carbons (Fsp3) is 0.278. The predicted molar refractivity (Wildman–Crippen MR) is 93.2 cm³/mol. The van der Waals surface area contributed by atoms with Gasteiger partial charge in [0.1, 0.15) is 13.2 Å². The van der Waals surface area contributed by atoms with Gasteiger partial charge in [0, 0.05) is 4.47 Å². The van der Waals surface area contributed by atoms with E-state index in [-0.39, 0.29) is 5.91 Å². The summed E-state index contributed by atoms with van der Waals surface area (Å²) < 4.78 is 12.0. The highest BCUT2D eigenvalue weighted by Crippen LogP contribution is 2.36. The van der Waals surface area contributed by atoms with Crippen LogP contribution in [-0.4, -0.2) is 19.1 Å². The van der Waals surface area contributed by atoms with E-state index in [0.29, 0.717) is 19.0 Å². The standard InChI is InChI=1S/C18H18BrNO3/c1-18(2,17(21)20-14-6-4-3-5-13(14)19)12-7-8-15-16(11-12)23-10-9-22-15/h3-8,11H,9-10H2,1-2H3,(H,20,21). The van der Waals surface area contributed by atoms with Gasteiger partial charge in [0.05, 0.1) is 11.1 Å². The summed E-state index contributed by atoms with van der Waals surface area (Å²) >= 11 is 3.45. The van der Waals surface area contributed by atoms with Gasteiger partial charge in [0.15, 0.2) is 11.5 Å². The first kappa shape index (κ1) is 15.9. The third kappa shape index (κ3) is 3.20. The van der Waals surface area contributed by atoms with Gasteiger partial charge in [-0.15, -0.1) is 0 Å². The first-order chi connectivity index (χ1) is 11.0. The van der Waals surface area contributed by atoms with E-state index in [1.54, 1.807) is 0 Å². The Bertz CT molecular complexity index is 743. The van der Waals surface area contributed by atoms with Crippen LogP contribution < -0.4 is 14.8 Å². The van der Waals surface area contributed by atoms with E-state index in [9.17, 15) is 4.79 Å². The zero-order chi connectivity index (χ0) is 16.4. The average Bonchev–Trinajstić information content (AvgIpc) is 2.56. The molecule has 1 aliphatic rings. The number of hydrogen-bond donors (Lipinski definition) is 1.